The van der Waals surface area contributed by atoms with Gasteiger partial charge < -0.3 is 15.7 Å². The Labute approximate surface area is 92.5 Å². The Kier molecular flexibility index (Phi) is 2.78. The summed E-state index contributed by atoms with van der Waals surface area (Å²) in [5, 5.41) is 14.2. The number of carbonyl (C=O) groups is 1. The van der Waals surface area contributed by atoms with Crippen LogP contribution in [0, 0.1) is 5.82 Å². The highest BCUT2D eigenvalue weighted by molar-refractivity contribution is 5.90. The number of hydrogen-bond acceptors (Lipinski definition) is 2. The SMILES string of the molecule is O=C(Nc1cccc(F)c1)NC1(CO)CC1. The molecular formula is C11H13FN2O2. The summed E-state index contributed by atoms with van der Waals surface area (Å²) in [6, 6.07) is 5.24. The van der Waals surface area contributed by atoms with E-state index in [4.69, 9.17) is 5.11 Å². The number of aliphatic hydroxyl groups is 1. The third-order valence-electron chi connectivity index (χ3n) is 2.62. The summed E-state index contributed by atoms with van der Waals surface area (Å²) >= 11 is 0. The molecule has 1 aliphatic rings. The van der Waals surface area contributed by atoms with Gasteiger partial charge in [-0.1, -0.05) is 6.07 Å². The maximum absolute atomic E-state index is 12.8. The van der Waals surface area contributed by atoms with Gasteiger partial charge in [-0.3, -0.25) is 0 Å². The number of rotatable bonds is 3. The summed E-state index contributed by atoms with van der Waals surface area (Å²) in [4.78, 5) is 11.5. The standard InChI is InChI=1S/C11H13FN2O2/c12-8-2-1-3-9(6-8)13-10(16)14-11(7-15)4-5-11/h1-3,6,15H,4-5,7H2,(H2,13,14,16). The molecule has 5 heteroatoms. The second-order valence-electron chi connectivity index (χ2n) is 4.03. The average molecular weight is 224 g/mol. The molecule has 0 heterocycles. The van der Waals surface area contributed by atoms with Gasteiger partial charge in [-0.25, -0.2) is 9.18 Å². The zero-order valence-corrected chi connectivity index (χ0v) is 8.66. The van der Waals surface area contributed by atoms with Crippen LogP contribution in [-0.2, 0) is 0 Å². The van der Waals surface area contributed by atoms with E-state index in [-0.39, 0.29) is 6.61 Å². The number of nitrogens with one attached hydrogen (secondary N) is 2. The zero-order chi connectivity index (χ0) is 11.6. The zero-order valence-electron chi connectivity index (χ0n) is 8.66. The van der Waals surface area contributed by atoms with Gasteiger partial charge in [0.05, 0.1) is 12.1 Å². The molecule has 1 fully saturated rings. The van der Waals surface area contributed by atoms with Crippen LogP contribution in [-0.4, -0.2) is 23.3 Å². The fourth-order valence-electron chi connectivity index (χ4n) is 1.44. The first kappa shape index (κ1) is 10.9. The summed E-state index contributed by atoms with van der Waals surface area (Å²) in [6.45, 7) is -0.0659. The van der Waals surface area contributed by atoms with Crippen molar-refractivity contribution in [3.63, 3.8) is 0 Å². The first-order chi connectivity index (χ1) is 7.63. The van der Waals surface area contributed by atoms with Gasteiger partial charge in [0.1, 0.15) is 5.82 Å². The topological polar surface area (TPSA) is 61.4 Å². The van der Waals surface area contributed by atoms with Gasteiger partial charge >= 0.3 is 6.03 Å². The maximum atomic E-state index is 12.8. The molecule has 1 aromatic carbocycles. The fraction of sp³-hybridized carbons (Fsp3) is 0.364. The Morgan fingerprint density at radius 3 is 2.81 bits per heavy atom. The van der Waals surface area contributed by atoms with Crippen molar-refractivity contribution in [3.8, 4) is 0 Å². The van der Waals surface area contributed by atoms with E-state index in [9.17, 15) is 9.18 Å². The van der Waals surface area contributed by atoms with Crippen molar-refractivity contribution < 1.29 is 14.3 Å². The van der Waals surface area contributed by atoms with Crippen molar-refractivity contribution in [3.05, 3.63) is 30.1 Å². The Balaban J connectivity index is 1.92. The van der Waals surface area contributed by atoms with Crippen molar-refractivity contribution in [1.29, 1.82) is 0 Å². The van der Waals surface area contributed by atoms with Crippen LogP contribution in [0.2, 0.25) is 0 Å². The first-order valence-corrected chi connectivity index (χ1v) is 5.09. The molecule has 0 aromatic heterocycles. The van der Waals surface area contributed by atoms with Crippen LogP contribution in [0.1, 0.15) is 12.8 Å². The number of hydrogen-bond donors (Lipinski definition) is 3. The highest BCUT2D eigenvalue weighted by atomic mass is 19.1. The Morgan fingerprint density at radius 2 is 2.25 bits per heavy atom. The highest BCUT2D eigenvalue weighted by Crippen LogP contribution is 2.34. The molecule has 16 heavy (non-hydrogen) atoms. The maximum Gasteiger partial charge on any atom is 0.319 e. The Morgan fingerprint density at radius 1 is 1.50 bits per heavy atom. The molecule has 2 rings (SSSR count). The molecule has 4 nitrogen and oxygen atoms in total. The summed E-state index contributed by atoms with van der Waals surface area (Å²) in [5.74, 6) is -0.402. The quantitative estimate of drug-likeness (QED) is 0.728. The lowest BCUT2D eigenvalue weighted by molar-refractivity contribution is 0.217. The van der Waals surface area contributed by atoms with Gasteiger partial charge in [0.15, 0.2) is 0 Å². The first-order valence-electron chi connectivity index (χ1n) is 5.09. The summed E-state index contributed by atoms with van der Waals surface area (Å²) in [7, 11) is 0. The van der Waals surface area contributed by atoms with E-state index >= 15 is 0 Å². The Hall–Kier alpha value is -1.62. The smallest absolute Gasteiger partial charge is 0.319 e. The Bertz CT molecular complexity index is 405. The molecule has 0 spiro atoms. The minimum absolute atomic E-state index is 0.0659. The average Bonchev–Trinajstić information content (AvgIpc) is 2.98. The normalized spacial score (nSPS) is 16.6. The van der Waals surface area contributed by atoms with E-state index in [1.807, 2.05) is 0 Å². The van der Waals surface area contributed by atoms with E-state index in [0.29, 0.717) is 5.69 Å². The van der Waals surface area contributed by atoms with Gasteiger partial charge in [0.25, 0.3) is 0 Å². The van der Waals surface area contributed by atoms with Crippen molar-refractivity contribution >= 4 is 11.7 Å². The number of halogens is 1. The molecule has 0 unspecified atom stereocenters. The molecule has 1 aliphatic carbocycles. The van der Waals surface area contributed by atoms with E-state index < -0.39 is 17.4 Å². The number of urea groups is 1. The predicted octanol–water partition coefficient (Wildman–Crippen LogP) is 1.47. The van der Waals surface area contributed by atoms with Crippen molar-refractivity contribution in [2.75, 3.05) is 11.9 Å². The molecule has 0 radical (unpaired) electrons. The third kappa shape index (κ3) is 2.49. The molecule has 0 bridgehead atoms. The number of aliphatic hydroxyl groups excluding tert-OH is 1. The number of carbonyl (C=O) groups excluding carboxylic acids is 1. The lowest BCUT2D eigenvalue weighted by atomic mass is 10.3. The monoisotopic (exact) mass is 224 g/mol. The van der Waals surface area contributed by atoms with Crippen LogP contribution >= 0.6 is 0 Å². The van der Waals surface area contributed by atoms with Gasteiger partial charge in [0.2, 0.25) is 0 Å². The van der Waals surface area contributed by atoms with E-state index in [1.165, 1.54) is 18.2 Å². The van der Waals surface area contributed by atoms with Crippen LogP contribution in [0.3, 0.4) is 0 Å². The highest BCUT2D eigenvalue weighted by Gasteiger charge is 2.43. The molecule has 0 atom stereocenters. The second-order valence-corrected chi connectivity index (χ2v) is 4.03. The lowest BCUT2D eigenvalue weighted by Gasteiger charge is -2.14. The molecule has 1 saturated carbocycles. The van der Waals surface area contributed by atoms with E-state index in [0.717, 1.165) is 12.8 Å². The number of benzene rings is 1. The van der Waals surface area contributed by atoms with E-state index in [2.05, 4.69) is 10.6 Å². The van der Waals surface area contributed by atoms with Crippen LogP contribution in [0.25, 0.3) is 0 Å². The summed E-state index contributed by atoms with van der Waals surface area (Å²) in [6.07, 6.45) is 1.56. The van der Waals surface area contributed by atoms with E-state index in [1.54, 1.807) is 6.07 Å². The van der Waals surface area contributed by atoms with Crippen LogP contribution < -0.4 is 10.6 Å². The molecule has 0 saturated heterocycles. The lowest BCUT2D eigenvalue weighted by Crippen LogP contribution is -2.42. The third-order valence-corrected chi connectivity index (χ3v) is 2.62. The van der Waals surface area contributed by atoms with Gasteiger partial charge in [-0.2, -0.15) is 0 Å². The van der Waals surface area contributed by atoms with Crippen molar-refractivity contribution in [2.45, 2.75) is 18.4 Å². The van der Waals surface area contributed by atoms with Crippen molar-refractivity contribution in [1.82, 2.24) is 5.32 Å². The summed E-state index contributed by atoms with van der Waals surface area (Å²) < 4.78 is 12.8. The van der Waals surface area contributed by atoms with Gasteiger partial charge in [0, 0.05) is 5.69 Å². The largest absolute Gasteiger partial charge is 0.394 e. The molecule has 3 N–H and O–H groups in total. The molecule has 2 amide bonds. The van der Waals surface area contributed by atoms with Gasteiger partial charge in [-0.15, -0.1) is 0 Å². The van der Waals surface area contributed by atoms with Crippen molar-refractivity contribution in [2.24, 2.45) is 0 Å². The van der Waals surface area contributed by atoms with Gasteiger partial charge in [-0.05, 0) is 31.0 Å². The minimum atomic E-state index is -0.461. The van der Waals surface area contributed by atoms with Crippen LogP contribution in [0.4, 0.5) is 14.9 Å². The number of anilines is 1. The minimum Gasteiger partial charge on any atom is -0.394 e. The fourth-order valence-corrected chi connectivity index (χ4v) is 1.44. The predicted molar refractivity (Wildman–Crippen MR) is 57.6 cm³/mol. The summed E-state index contributed by atoms with van der Waals surface area (Å²) in [5.41, 5.74) is -0.0662. The molecular weight excluding hydrogens is 211 g/mol. The van der Waals surface area contributed by atoms with Crippen LogP contribution in [0.5, 0.6) is 0 Å². The number of amides is 2. The molecule has 0 aliphatic heterocycles. The molecule has 1 aromatic rings. The molecule has 86 valence electrons. The van der Waals surface area contributed by atoms with Crippen LogP contribution in [0.15, 0.2) is 24.3 Å². The second kappa shape index (κ2) is 4.09.